The molecule has 0 aromatic heterocycles. The Hall–Kier alpha value is -2.76. The van der Waals surface area contributed by atoms with Gasteiger partial charge in [0.25, 0.3) is 5.91 Å². The summed E-state index contributed by atoms with van der Waals surface area (Å²) in [5.74, 6) is 0.0778. The molecule has 1 amide bonds. The number of anilines is 1. The average Bonchev–Trinajstić information content (AvgIpc) is 3.13. The smallest absolute Gasteiger partial charge is 0.338 e. The van der Waals surface area contributed by atoms with Gasteiger partial charge < -0.3 is 9.64 Å². The lowest BCUT2D eigenvalue weighted by Crippen LogP contribution is -2.38. The Labute approximate surface area is 191 Å². The minimum absolute atomic E-state index is 0.0565. The summed E-state index contributed by atoms with van der Waals surface area (Å²) in [6.07, 6.45) is 0.811. The zero-order valence-electron chi connectivity index (χ0n) is 17.1. The summed E-state index contributed by atoms with van der Waals surface area (Å²) < 4.78 is 5.30. The Morgan fingerprint density at radius 2 is 1.74 bits per heavy atom. The Balaban J connectivity index is 1.30. The normalized spacial score (nSPS) is 14.9. The van der Waals surface area contributed by atoms with Crippen molar-refractivity contribution in [2.75, 3.05) is 11.5 Å². The van der Waals surface area contributed by atoms with E-state index in [1.54, 1.807) is 28.8 Å². The number of ether oxygens (including phenoxy) is 1. The predicted molar refractivity (Wildman–Crippen MR) is 125 cm³/mol. The van der Waals surface area contributed by atoms with Crippen molar-refractivity contribution in [3.8, 4) is 0 Å². The van der Waals surface area contributed by atoms with Gasteiger partial charge in [-0.2, -0.15) is 0 Å². The van der Waals surface area contributed by atoms with Gasteiger partial charge in [0, 0.05) is 27.4 Å². The van der Waals surface area contributed by atoms with Crippen LogP contribution < -0.4 is 4.90 Å². The van der Waals surface area contributed by atoms with Crippen LogP contribution in [0.25, 0.3) is 0 Å². The van der Waals surface area contributed by atoms with Crippen molar-refractivity contribution < 1.29 is 14.3 Å². The SMILES string of the molecule is CC1Cc2ccccc2N1C(=O)COC(=O)c1ccc(CSc2ccc(Cl)cc2)cc1. The number of hydrogen-bond acceptors (Lipinski definition) is 4. The molecule has 1 aliphatic rings. The zero-order valence-corrected chi connectivity index (χ0v) is 18.7. The van der Waals surface area contributed by atoms with Crippen LogP contribution in [0, 0.1) is 0 Å². The number of hydrogen-bond donors (Lipinski definition) is 0. The summed E-state index contributed by atoms with van der Waals surface area (Å²) in [6.45, 7) is 1.73. The molecule has 1 aliphatic heterocycles. The molecule has 158 valence electrons. The van der Waals surface area contributed by atoms with E-state index < -0.39 is 5.97 Å². The third-order valence-electron chi connectivity index (χ3n) is 5.21. The van der Waals surface area contributed by atoms with Crippen LogP contribution >= 0.6 is 23.4 Å². The van der Waals surface area contributed by atoms with Crippen LogP contribution in [0.1, 0.15) is 28.4 Å². The highest BCUT2D eigenvalue weighted by molar-refractivity contribution is 7.98. The van der Waals surface area contributed by atoms with Gasteiger partial charge in [-0.15, -0.1) is 11.8 Å². The molecular formula is C25H22ClNO3S. The van der Waals surface area contributed by atoms with Crippen LogP contribution in [0.2, 0.25) is 5.02 Å². The molecule has 3 aromatic rings. The molecule has 4 nitrogen and oxygen atoms in total. The minimum atomic E-state index is -0.495. The van der Waals surface area contributed by atoms with E-state index in [2.05, 4.69) is 0 Å². The Morgan fingerprint density at radius 3 is 2.48 bits per heavy atom. The monoisotopic (exact) mass is 451 g/mol. The number of fused-ring (bicyclic) bond motifs is 1. The quantitative estimate of drug-likeness (QED) is 0.352. The van der Waals surface area contributed by atoms with E-state index in [1.807, 2.05) is 67.6 Å². The molecular weight excluding hydrogens is 430 g/mol. The number of rotatable bonds is 6. The Bertz CT molecular complexity index is 1080. The van der Waals surface area contributed by atoms with Crippen LogP contribution in [0.3, 0.4) is 0 Å². The fourth-order valence-corrected chi connectivity index (χ4v) is 4.64. The van der Waals surface area contributed by atoms with Gasteiger partial charge >= 0.3 is 5.97 Å². The van der Waals surface area contributed by atoms with Crippen molar-refractivity contribution in [2.45, 2.75) is 30.0 Å². The third kappa shape index (κ3) is 5.12. The zero-order chi connectivity index (χ0) is 21.8. The highest BCUT2D eigenvalue weighted by atomic mass is 35.5. The van der Waals surface area contributed by atoms with Gasteiger partial charge in [0.2, 0.25) is 0 Å². The van der Waals surface area contributed by atoms with E-state index in [4.69, 9.17) is 16.3 Å². The first-order chi connectivity index (χ1) is 15.0. The molecule has 0 fully saturated rings. The fourth-order valence-electron chi connectivity index (χ4n) is 3.66. The van der Waals surface area contributed by atoms with Gasteiger partial charge in [-0.1, -0.05) is 41.9 Å². The van der Waals surface area contributed by atoms with Crippen molar-refractivity contribution in [2.24, 2.45) is 0 Å². The van der Waals surface area contributed by atoms with Crippen molar-refractivity contribution in [1.29, 1.82) is 0 Å². The van der Waals surface area contributed by atoms with Crippen LogP contribution in [0.5, 0.6) is 0 Å². The van der Waals surface area contributed by atoms with Crippen LogP contribution in [-0.2, 0) is 21.7 Å². The number of carbonyl (C=O) groups is 2. The van der Waals surface area contributed by atoms with Gasteiger partial charge in [0.1, 0.15) is 0 Å². The van der Waals surface area contributed by atoms with Crippen molar-refractivity contribution in [1.82, 2.24) is 0 Å². The summed E-state index contributed by atoms with van der Waals surface area (Å²) in [5, 5.41) is 0.717. The molecule has 4 rings (SSSR count). The van der Waals surface area contributed by atoms with Gasteiger partial charge in [-0.3, -0.25) is 4.79 Å². The number of amides is 1. The molecule has 3 aromatic carbocycles. The van der Waals surface area contributed by atoms with Crippen LogP contribution in [0.15, 0.2) is 77.7 Å². The van der Waals surface area contributed by atoms with E-state index in [0.29, 0.717) is 10.6 Å². The summed E-state index contributed by atoms with van der Waals surface area (Å²) in [4.78, 5) is 27.9. The standard InChI is InChI=1S/C25H22ClNO3S/c1-17-14-20-4-2-3-5-23(20)27(17)24(28)15-30-25(29)19-8-6-18(7-9-19)16-31-22-12-10-21(26)11-13-22/h2-13,17H,14-16H2,1H3. The lowest BCUT2D eigenvalue weighted by molar-refractivity contribution is -0.122. The molecule has 1 unspecified atom stereocenters. The summed E-state index contributed by atoms with van der Waals surface area (Å²) in [6, 6.07) is 22.9. The second-order valence-electron chi connectivity index (χ2n) is 7.46. The van der Waals surface area contributed by atoms with Gasteiger partial charge in [-0.25, -0.2) is 4.79 Å². The molecule has 1 atom stereocenters. The number of benzene rings is 3. The first-order valence-corrected chi connectivity index (χ1v) is 11.4. The maximum atomic E-state index is 12.7. The molecule has 6 heteroatoms. The fraction of sp³-hybridized carbons (Fsp3) is 0.200. The Morgan fingerprint density at radius 1 is 1.03 bits per heavy atom. The lowest BCUT2D eigenvalue weighted by atomic mass is 10.1. The van der Waals surface area contributed by atoms with Crippen molar-refractivity contribution >= 4 is 40.9 Å². The Kier molecular flexibility index (Phi) is 6.64. The maximum Gasteiger partial charge on any atom is 0.338 e. The van der Waals surface area contributed by atoms with Gasteiger partial charge in [-0.05, 0) is 66.9 Å². The number of halogens is 1. The largest absolute Gasteiger partial charge is 0.452 e. The number of nitrogens with zero attached hydrogens (tertiary/aromatic N) is 1. The van der Waals surface area contributed by atoms with E-state index in [9.17, 15) is 9.59 Å². The topological polar surface area (TPSA) is 46.6 Å². The summed E-state index contributed by atoms with van der Waals surface area (Å²) >= 11 is 7.61. The molecule has 1 heterocycles. The molecule has 0 radical (unpaired) electrons. The average molecular weight is 452 g/mol. The van der Waals surface area contributed by atoms with Crippen LogP contribution in [0.4, 0.5) is 5.69 Å². The second kappa shape index (κ2) is 9.58. The summed E-state index contributed by atoms with van der Waals surface area (Å²) in [7, 11) is 0. The maximum absolute atomic E-state index is 12.7. The third-order valence-corrected chi connectivity index (χ3v) is 6.55. The number of para-hydroxylation sites is 1. The molecule has 0 bridgehead atoms. The lowest BCUT2D eigenvalue weighted by Gasteiger charge is -2.22. The first-order valence-electron chi connectivity index (χ1n) is 10.1. The van der Waals surface area contributed by atoms with Gasteiger partial charge in [0.15, 0.2) is 6.61 Å². The predicted octanol–water partition coefficient (Wildman–Crippen LogP) is 5.77. The molecule has 0 saturated heterocycles. The second-order valence-corrected chi connectivity index (χ2v) is 8.95. The molecule has 0 saturated carbocycles. The number of thioether (sulfide) groups is 1. The highest BCUT2D eigenvalue weighted by Crippen LogP contribution is 2.31. The number of esters is 1. The van der Waals surface area contributed by atoms with Crippen LogP contribution in [-0.4, -0.2) is 24.5 Å². The molecule has 0 N–H and O–H groups in total. The van der Waals surface area contributed by atoms with E-state index >= 15 is 0 Å². The highest BCUT2D eigenvalue weighted by Gasteiger charge is 2.31. The first kappa shape index (κ1) is 21.5. The molecule has 0 spiro atoms. The van der Waals surface area contributed by atoms with E-state index in [-0.39, 0.29) is 18.6 Å². The van der Waals surface area contributed by atoms with Crippen molar-refractivity contribution in [3.05, 3.63) is 94.5 Å². The van der Waals surface area contributed by atoms with E-state index in [1.165, 1.54) is 0 Å². The van der Waals surface area contributed by atoms with Crippen molar-refractivity contribution in [3.63, 3.8) is 0 Å². The summed E-state index contributed by atoms with van der Waals surface area (Å²) in [5.41, 5.74) is 3.57. The molecule has 0 aliphatic carbocycles. The van der Waals surface area contributed by atoms with E-state index in [0.717, 1.165) is 33.9 Å². The minimum Gasteiger partial charge on any atom is -0.452 e. The molecule has 31 heavy (non-hydrogen) atoms. The number of carbonyl (C=O) groups excluding carboxylic acids is 2. The van der Waals surface area contributed by atoms with Gasteiger partial charge in [0.05, 0.1) is 5.56 Å².